The molecule has 0 aromatic rings. The third-order valence-corrected chi connectivity index (χ3v) is 3.64. The van der Waals surface area contributed by atoms with Crippen LogP contribution in [-0.2, 0) is 4.79 Å². The van der Waals surface area contributed by atoms with Gasteiger partial charge in [0.25, 0.3) is 0 Å². The van der Waals surface area contributed by atoms with E-state index in [4.69, 9.17) is 5.73 Å². The SMILES string of the molecule is CCCCC(NC(N)=O)C(=O)NCCCN1CCNCC1. The quantitative estimate of drug-likeness (QED) is 0.436. The number of carbonyl (C=O) groups excluding carboxylic acids is 2. The normalized spacial score (nSPS) is 17.2. The van der Waals surface area contributed by atoms with Gasteiger partial charge in [-0.2, -0.15) is 0 Å². The van der Waals surface area contributed by atoms with Crippen molar-refractivity contribution in [1.29, 1.82) is 0 Å². The smallest absolute Gasteiger partial charge is 0.312 e. The summed E-state index contributed by atoms with van der Waals surface area (Å²) in [7, 11) is 0. The van der Waals surface area contributed by atoms with Crippen LogP contribution < -0.4 is 21.7 Å². The van der Waals surface area contributed by atoms with E-state index in [1.165, 1.54) is 0 Å². The van der Waals surface area contributed by atoms with Crippen molar-refractivity contribution in [3.63, 3.8) is 0 Å². The molecule has 1 aliphatic rings. The van der Waals surface area contributed by atoms with Crippen LogP contribution in [0.3, 0.4) is 0 Å². The fraction of sp³-hybridized carbons (Fsp3) is 0.857. The van der Waals surface area contributed by atoms with E-state index in [2.05, 4.69) is 20.9 Å². The Balaban J connectivity index is 2.20. The number of piperazine rings is 1. The van der Waals surface area contributed by atoms with E-state index in [9.17, 15) is 9.59 Å². The lowest BCUT2D eigenvalue weighted by Crippen LogP contribution is -2.49. The first kappa shape index (κ1) is 17.7. The van der Waals surface area contributed by atoms with Crippen molar-refractivity contribution in [3.05, 3.63) is 0 Å². The molecule has 0 saturated carbocycles. The van der Waals surface area contributed by atoms with Gasteiger partial charge in [0.2, 0.25) is 5.91 Å². The van der Waals surface area contributed by atoms with Gasteiger partial charge in [0.1, 0.15) is 6.04 Å². The Hall–Kier alpha value is -1.34. The fourth-order valence-corrected chi connectivity index (χ4v) is 2.42. The van der Waals surface area contributed by atoms with Gasteiger partial charge in [0.05, 0.1) is 0 Å². The van der Waals surface area contributed by atoms with Gasteiger partial charge in [-0.1, -0.05) is 19.8 Å². The lowest BCUT2D eigenvalue weighted by atomic mass is 10.1. The first-order valence-corrected chi connectivity index (χ1v) is 7.90. The summed E-state index contributed by atoms with van der Waals surface area (Å²) in [5.41, 5.74) is 5.11. The van der Waals surface area contributed by atoms with E-state index in [0.29, 0.717) is 13.0 Å². The van der Waals surface area contributed by atoms with E-state index >= 15 is 0 Å². The topological polar surface area (TPSA) is 99.5 Å². The van der Waals surface area contributed by atoms with Crippen molar-refractivity contribution in [2.24, 2.45) is 5.73 Å². The number of hydrogen-bond acceptors (Lipinski definition) is 4. The van der Waals surface area contributed by atoms with Gasteiger partial charge in [0.15, 0.2) is 0 Å². The lowest BCUT2D eigenvalue weighted by Gasteiger charge is -2.27. The minimum atomic E-state index is -0.646. The average molecular weight is 299 g/mol. The molecule has 5 N–H and O–H groups in total. The highest BCUT2D eigenvalue weighted by Gasteiger charge is 2.18. The first-order chi connectivity index (χ1) is 10.1. The molecule has 7 heteroatoms. The number of nitrogens with two attached hydrogens (primary N) is 1. The van der Waals surface area contributed by atoms with E-state index in [0.717, 1.165) is 52.0 Å². The van der Waals surface area contributed by atoms with Crippen molar-refractivity contribution >= 4 is 11.9 Å². The molecule has 1 heterocycles. The van der Waals surface area contributed by atoms with E-state index in [1.54, 1.807) is 0 Å². The summed E-state index contributed by atoms with van der Waals surface area (Å²) in [6, 6.07) is -1.16. The number of nitrogens with one attached hydrogen (secondary N) is 3. The average Bonchev–Trinajstić information content (AvgIpc) is 2.48. The molecule has 7 nitrogen and oxygen atoms in total. The summed E-state index contributed by atoms with van der Waals surface area (Å²) < 4.78 is 0. The molecule has 21 heavy (non-hydrogen) atoms. The second kappa shape index (κ2) is 10.4. The Kier molecular flexibility index (Phi) is 8.77. The first-order valence-electron chi connectivity index (χ1n) is 7.90. The molecule has 0 aromatic heterocycles. The van der Waals surface area contributed by atoms with Crippen molar-refractivity contribution in [2.75, 3.05) is 39.3 Å². The highest BCUT2D eigenvalue weighted by atomic mass is 16.2. The number of rotatable bonds is 9. The highest BCUT2D eigenvalue weighted by molar-refractivity contribution is 5.86. The van der Waals surface area contributed by atoms with Crippen LogP contribution in [0.5, 0.6) is 0 Å². The number of hydrogen-bond donors (Lipinski definition) is 4. The number of unbranched alkanes of at least 4 members (excludes halogenated alkanes) is 1. The predicted molar refractivity (Wildman–Crippen MR) is 83.0 cm³/mol. The lowest BCUT2D eigenvalue weighted by molar-refractivity contribution is -0.123. The van der Waals surface area contributed by atoms with Crippen molar-refractivity contribution in [1.82, 2.24) is 20.9 Å². The van der Waals surface area contributed by atoms with Crippen molar-refractivity contribution in [2.45, 2.75) is 38.6 Å². The zero-order valence-electron chi connectivity index (χ0n) is 13.0. The summed E-state index contributed by atoms with van der Waals surface area (Å²) in [6.45, 7) is 7.87. The third kappa shape index (κ3) is 7.87. The summed E-state index contributed by atoms with van der Waals surface area (Å²) in [5.74, 6) is -0.137. The predicted octanol–water partition coefficient (Wildman–Crippen LogP) is -0.375. The van der Waals surface area contributed by atoms with Gasteiger partial charge in [-0.25, -0.2) is 4.79 Å². The van der Waals surface area contributed by atoms with Crippen LogP contribution in [0.25, 0.3) is 0 Å². The van der Waals surface area contributed by atoms with Gasteiger partial charge in [-0.15, -0.1) is 0 Å². The Bertz CT molecular complexity index is 318. The maximum absolute atomic E-state index is 12.0. The largest absolute Gasteiger partial charge is 0.354 e. The molecule has 1 unspecified atom stereocenters. The summed E-state index contributed by atoms with van der Waals surface area (Å²) in [6.07, 6.45) is 3.41. The zero-order valence-corrected chi connectivity index (χ0v) is 13.0. The van der Waals surface area contributed by atoms with Crippen LogP contribution in [0, 0.1) is 0 Å². The summed E-state index contributed by atoms with van der Waals surface area (Å²) in [5, 5.41) is 8.71. The van der Waals surface area contributed by atoms with Crippen LogP contribution in [0.4, 0.5) is 4.79 Å². The third-order valence-electron chi connectivity index (χ3n) is 3.64. The second-order valence-corrected chi connectivity index (χ2v) is 5.44. The fourth-order valence-electron chi connectivity index (χ4n) is 2.42. The minimum Gasteiger partial charge on any atom is -0.354 e. The maximum atomic E-state index is 12.0. The zero-order chi connectivity index (χ0) is 15.5. The number of primary amides is 1. The Morgan fingerprint density at radius 1 is 1.29 bits per heavy atom. The monoisotopic (exact) mass is 299 g/mol. The van der Waals surface area contributed by atoms with Gasteiger partial charge in [-0.05, 0) is 19.4 Å². The van der Waals surface area contributed by atoms with Crippen LogP contribution in [0.1, 0.15) is 32.6 Å². The molecule has 1 saturated heterocycles. The molecule has 0 bridgehead atoms. The minimum absolute atomic E-state index is 0.137. The number of urea groups is 1. The van der Waals surface area contributed by atoms with Crippen LogP contribution in [0.2, 0.25) is 0 Å². The Labute approximate surface area is 127 Å². The summed E-state index contributed by atoms with van der Waals surface area (Å²) >= 11 is 0. The molecule has 0 radical (unpaired) electrons. The number of nitrogens with zero attached hydrogens (tertiary/aromatic N) is 1. The van der Waals surface area contributed by atoms with E-state index < -0.39 is 12.1 Å². The Morgan fingerprint density at radius 3 is 2.62 bits per heavy atom. The molecule has 1 fully saturated rings. The van der Waals surface area contributed by atoms with Gasteiger partial charge in [0, 0.05) is 32.7 Å². The molecule has 1 rings (SSSR count). The van der Waals surface area contributed by atoms with Gasteiger partial charge < -0.3 is 26.6 Å². The van der Waals surface area contributed by atoms with E-state index in [1.807, 2.05) is 6.92 Å². The van der Waals surface area contributed by atoms with Gasteiger partial charge in [-0.3, -0.25) is 4.79 Å². The molecular weight excluding hydrogens is 270 g/mol. The van der Waals surface area contributed by atoms with Crippen LogP contribution >= 0.6 is 0 Å². The molecule has 122 valence electrons. The standard InChI is InChI=1S/C14H29N5O2/c1-2-3-5-12(18-14(15)21)13(20)17-6-4-9-19-10-7-16-8-11-19/h12,16H,2-11H2,1H3,(H,17,20)(H3,15,18,21). The van der Waals surface area contributed by atoms with E-state index in [-0.39, 0.29) is 5.91 Å². The molecule has 0 spiro atoms. The Morgan fingerprint density at radius 2 is 2.00 bits per heavy atom. The molecule has 1 atom stereocenters. The van der Waals surface area contributed by atoms with Crippen molar-refractivity contribution < 1.29 is 9.59 Å². The van der Waals surface area contributed by atoms with Crippen molar-refractivity contribution in [3.8, 4) is 0 Å². The van der Waals surface area contributed by atoms with Gasteiger partial charge >= 0.3 is 6.03 Å². The molecule has 1 aliphatic heterocycles. The molecule has 0 aliphatic carbocycles. The molecule has 0 aromatic carbocycles. The van der Waals surface area contributed by atoms with Crippen LogP contribution in [-0.4, -0.2) is 62.1 Å². The highest BCUT2D eigenvalue weighted by Crippen LogP contribution is 2.01. The maximum Gasteiger partial charge on any atom is 0.312 e. The second-order valence-electron chi connectivity index (χ2n) is 5.44. The number of carbonyl (C=O) groups is 2. The number of amides is 3. The summed E-state index contributed by atoms with van der Waals surface area (Å²) in [4.78, 5) is 25.4. The molecular formula is C14H29N5O2. The van der Waals surface area contributed by atoms with Crippen LogP contribution in [0.15, 0.2) is 0 Å². The molecule has 3 amide bonds.